The monoisotopic (exact) mass is 320 g/mol. The normalized spacial score (nSPS) is 22.3. The maximum Gasteiger partial charge on any atom is 0.410 e. The first-order valence-electron chi connectivity index (χ1n) is 7.31. The Morgan fingerprint density at radius 3 is 3.00 bits per heavy atom. The van der Waals surface area contributed by atoms with Gasteiger partial charge < -0.3 is 14.7 Å². The standard InChI is InChI=1S/C16H20N2O3S/c1-15(2,3)21-14(19)18-8-6-16(20,10-18)12-9-22-13-11(12)5-4-7-17-13/h4-5,7,9,20H,6,8,10H2,1-3H3. The number of likely N-dealkylation sites (tertiary alicyclic amines) is 1. The highest BCUT2D eigenvalue weighted by atomic mass is 32.1. The minimum absolute atomic E-state index is 0.253. The van der Waals surface area contributed by atoms with Crippen LogP contribution in [0, 0.1) is 0 Å². The molecule has 6 heteroatoms. The lowest BCUT2D eigenvalue weighted by Crippen LogP contribution is -2.38. The Morgan fingerprint density at radius 2 is 2.27 bits per heavy atom. The first-order chi connectivity index (χ1) is 10.3. The van der Waals surface area contributed by atoms with Gasteiger partial charge in [0.25, 0.3) is 0 Å². The first-order valence-corrected chi connectivity index (χ1v) is 8.19. The highest BCUT2D eigenvalue weighted by molar-refractivity contribution is 7.16. The molecule has 3 rings (SSSR count). The number of ether oxygens (including phenoxy) is 1. The van der Waals surface area contributed by atoms with Crippen LogP contribution in [0.4, 0.5) is 4.79 Å². The lowest BCUT2D eigenvalue weighted by molar-refractivity contribution is 0.0145. The van der Waals surface area contributed by atoms with Crippen LogP contribution < -0.4 is 0 Å². The van der Waals surface area contributed by atoms with Crippen LogP contribution in [0.1, 0.15) is 32.8 Å². The number of amides is 1. The van der Waals surface area contributed by atoms with Crippen molar-refractivity contribution in [2.75, 3.05) is 13.1 Å². The van der Waals surface area contributed by atoms with Gasteiger partial charge in [-0.15, -0.1) is 11.3 Å². The average Bonchev–Trinajstić information content (AvgIpc) is 3.01. The average molecular weight is 320 g/mol. The van der Waals surface area contributed by atoms with Crippen LogP contribution in [0.25, 0.3) is 10.2 Å². The summed E-state index contributed by atoms with van der Waals surface area (Å²) in [6, 6.07) is 3.82. The number of carbonyl (C=O) groups excluding carboxylic acids is 1. The Balaban J connectivity index is 1.82. The molecule has 1 atom stereocenters. The number of thiophene rings is 1. The van der Waals surface area contributed by atoms with E-state index in [1.54, 1.807) is 11.1 Å². The van der Waals surface area contributed by atoms with Gasteiger partial charge in [0.05, 0.1) is 6.54 Å². The summed E-state index contributed by atoms with van der Waals surface area (Å²) >= 11 is 1.51. The van der Waals surface area contributed by atoms with E-state index in [4.69, 9.17) is 4.74 Å². The summed E-state index contributed by atoms with van der Waals surface area (Å²) in [6.45, 7) is 6.26. The molecular formula is C16H20N2O3S. The fourth-order valence-corrected chi connectivity index (χ4v) is 3.73. The minimum Gasteiger partial charge on any atom is -0.444 e. The SMILES string of the molecule is CC(C)(C)OC(=O)N1CCC(O)(c2csc3ncccc23)C1. The Morgan fingerprint density at radius 1 is 1.50 bits per heavy atom. The van der Waals surface area contributed by atoms with Gasteiger partial charge in [0, 0.05) is 23.7 Å². The molecule has 1 fully saturated rings. The smallest absolute Gasteiger partial charge is 0.410 e. The van der Waals surface area contributed by atoms with E-state index in [0.29, 0.717) is 13.0 Å². The van der Waals surface area contributed by atoms with E-state index in [0.717, 1.165) is 15.8 Å². The number of hydrogen-bond acceptors (Lipinski definition) is 5. The molecule has 0 aliphatic carbocycles. The maximum atomic E-state index is 12.2. The fraction of sp³-hybridized carbons (Fsp3) is 0.500. The Bertz CT molecular complexity index is 707. The van der Waals surface area contributed by atoms with Crippen LogP contribution in [0.15, 0.2) is 23.7 Å². The van der Waals surface area contributed by atoms with Gasteiger partial charge in [0.2, 0.25) is 0 Å². The summed E-state index contributed by atoms with van der Waals surface area (Å²) in [6.07, 6.45) is 1.88. The van der Waals surface area contributed by atoms with Crippen LogP contribution >= 0.6 is 11.3 Å². The second kappa shape index (κ2) is 5.21. The fourth-order valence-electron chi connectivity index (χ4n) is 2.72. The van der Waals surface area contributed by atoms with Crippen LogP contribution in [0.5, 0.6) is 0 Å². The number of hydrogen-bond donors (Lipinski definition) is 1. The molecule has 5 nitrogen and oxygen atoms in total. The van der Waals surface area contributed by atoms with E-state index in [1.165, 1.54) is 11.3 Å². The van der Waals surface area contributed by atoms with Crippen molar-refractivity contribution in [3.8, 4) is 0 Å². The lowest BCUT2D eigenvalue weighted by atomic mass is 9.93. The van der Waals surface area contributed by atoms with Gasteiger partial charge in [-0.3, -0.25) is 0 Å². The zero-order chi connectivity index (χ0) is 16.0. The second-order valence-corrected chi connectivity index (χ2v) is 7.55. The molecule has 22 heavy (non-hydrogen) atoms. The molecule has 0 saturated carbocycles. The van der Waals surface area contributed by atoms with Crippen molar-refractivity contribution in [2.24, 2.45) is 0 Å². The number of β-amino-alcohol motifs (C(OH)–C–C–N with tert-alkyl or cyclic N) is 1. The van der Waals surface area contributed by atoms with Gasteiger partial charge in [-0.25, -0.2) is 9.78 Å². The third-order valence-electron chi connectivity index (χ3n) is 3.75. The minimum atomic E-state index is -1.03. The third kappa shape index (κ3) is 2.80. The zero-order valence-corrected chi connectivity index (χ0v) is 13.8. The van der Waals surface area contributed by atoms with E-state index < -0.39 is 11.2 Å². The van der Waals surface area contributed by atoms with E-state index in [9.17, 15) is 9.90 Å². The molecule has 1 aliphatic rings. The molecule has 3 heterocycles. The van der Waals surface area contributed by atoms with Crippen molar-refractivity contribution < 1.29 is 14.6 Å². The van der Waals surface area contributed by atoms with Crippen molar-refractivity contribution in [3.63, 3.8) is 0 Å². The molecule has 1 saturated heterocycles. The first kappa shape index (κ1) is 15.2. The third-order valence-corrected chi connectivity index (χ3v) is 4.65. The summed E-state index contributed by atoms with van der Waals surface area (Å²) in [5.74, 6) is 0. The number of aromatic nitrogens is 1. The van der Waals surface area contributed by atoms with Gasteiger partial charge >= 0.3 is 6.09 Å². The predicted molar refractivity (Wildman–Crippen MR) is 85.9 cm³/mol. The zero-order valence-electron chi connectivity index (χ0n) is 13.0. The van der Waals surface area contributed by atoms with E-state index >= 15 is 0 Å². The Kier molecular flexibility index (Phi) is 3.61. The van der Waals surface area contributed by atoms with Crippen LogP contribution in [0.2, 0.25) is 0 Å². The van der Waals surface area contributed by atoms with Crippen LogP contribution in [-0.4, -0.2) is 39.8 Å². The van der Waals surface area contributed by atoms with Crippen LogP contribution in [0.3, 0.4) is 0 Å². The summed E-state index contributed by atoms with van der Waals surface area (Å²) in [7, 11) is 0. The van der Waals surface area contributed by atoms with Crippen molar-refractivity contribution in [2.45, 2.75) is 38.4 Å². The molecule has 1 N–H and O–H groups in total. The molecule has 1 aliphatic heterocycles. The van der Waals surface area contributed by atoms with Crippen LogP contribution in [-0.2, 0) is 10.3 Å². The van der Waals surface area contributed by atoms with Gasteiger partial charge in [-0.2, -0.15) is 0 Å². The molecule has 0 spiro atoms. The van der Waals surface area contributed by atoms with Crippen molar-refractivity contribution in [1.29, 1.82) is 0 Å². The molecule has 0 radical (unpaired) electrons. The second-order valence-electron chi connectivity index (χ2n) is 6.69. The summed E-state index contributed by atoms with van der Waals surface area (Å²) < 4.78 is 5.39. The number of pyridine rings is 1. The molecule has 0 aromatic carbocycles. The quantitative estimate of drug-likeness (QED) is 0.877. The van der Waals surface area contributed by atoms with Gasteiger partial charge in [-0.1, -0.05) is 6.07 Å². The van der Waals surface area contributed by atoms with Gasteiger partial charge in [0.1, 0.15) is 16.0 Å². The van der Waals surface area contributed by atoms with Crippen molar-refractivity contribution in [1.82, 2.24) is 9.88 Å². The Hall–Kier alpha value is -1.66. The van der Waals surface area contributed by atoms with Crippen molar-refractivity contribution >= 4 is 27.6 Å². The topological polar surface area (TPSA) is 62.7 Å². The molecule has 2 aromatic heterocycles. The lowest BCUT2D eigenvalue weighted by Gasteiger charge is -2.26. The molecule has 1 amide bonds. The largest absolute Gasteiger partial charge is 0.444 e. The summed E-state index contributed by atoms with van der Waals surface area (Å²) in [4.78, 5) is 19.0. The number of aliphatic hydroxyl groups is 1. The molecular weight excluding hydrogens is 300 g/mol. The molecule has 0 bridgehead atoms. The van der Waals surface area contributed by atoms with Crippen molar-refractivity contribution in [3.05, 3.63) is 29.3 Å². The predicted octanol–water partition coefficient (Wildman–Crippen LogP) is 3.12. The molecule has 118 valence electrons. The number of fused-ring (bicyclic) bond motifs is 1. The number of nitrogens with zero attached hydrogens (tertiary/aromatic N) is 2. The molecule has 1 unspecified atom stereocenters. The molecule has 2 aromatic rings. The summed E-state index contributed by atoms with van der Waals surface area (Å²) in [5.41, 5.74) is -0.707. The van der Waals surface area contributed by atoms with E-state index in [-0.39, 0.29) is 12.6 Å². The summed E-state index contributed by atoms with van der Waals surface area (Å²) in [5, 5.41) is 13.9. The van der Waals surface area contributed by atoms with Gasteiger partial charge in [0.15, 0.2) is 0 Å². The maximum absolute atomic E-state index is 12.2. The van der Waals surface area contributed by atoms with Gasteiger partial charge in [-0.05, 0) is 38.6 Å². The Labute approximate surface area is 133 Å². The highest BCUT2D eigenvalue weighted by Crippen LogP contribution is 2.38. The highest BCUT2D eigenvalue weighted by Gasteiger charge is 2.42. The van der Waals surface area contributed by atoms with E-state index in [1.807, 2.05) is 38.3 Å². The number of carbonyl (C=O) groups is 1. The van der Waals surface area contributed by atoms with E-state index in [2.05, 4.69) is 4.98 Å². The number of rotatable bonds is 1.